The van der Waals surface area contributed by atoms with Gasteiger partial charge in [-0.2, -0.15) is 4.98 Å². The van der Waals surface area contributed by atoms with Gasteiger partial charge in [0.05, 0.1) is 12.7 Å². The first-order chi connectivity index (χ1) is 8.13. The normalized spacial score (nSPS) is 16.9. The minimum absolute atomic E-state index is 0.0538. The van der Waals surface area contributed by atoms with Crippen molar-refractivity contribution in [2.45, 2.75) is 32.8 Å². The zero-order valence-corrected chi connectivity index (χ0v) is 10.3. The molecular weight excluding hydrogens is 218 g/mol. The van der Waals surface area contributed by atoms with E-state index in [0.29, 0.717) is 18.4 Å². The lowest BCUT2D eigenvalue weighted by atomic mass is 10.1. The maximum atomic E-state index is 9.20. The number of hydrogen-bond donors (Lipinski definition) is 2. The SMILES string of the molecule is CC(C)Oc1ccnc(NCC2(CO)CC2)n1. The fourth-order valence-corrected chi connectivity index (χ4v) is 1.57. The van der Waals surface area contributed by atoms with Crippen LogP contribution in [0.25, 0.3) is 0 Å². The first-order valence-corrected chi connectivity index (χ1v) is 5.98. The number of rotatable bonds is 6. The van der Waals surface area contributed by atoms with Gasteiger partial charge < -0.3 is 15.2 Å². The Kier molecular flexibility index (Phi) is 3.47. The van der Waals surface area contributed by atoms with Gasteiger partial charge in [0.25, 0.3) is 0 Å². The predicted molar refractivity (Wildman–Crippen MR) is 65.0 cm³/mol. The molecule has 5 nitrogen and oxygen atoms in total. The van der Waals surface area contributed by atoms with Gasteiger partial charge in [-0.3, -0.25) is 0 Å². The summed E-state index contributed by atoms with van der Waals surface area (Å²) in [6, 6.07) is 1.74. The molecule has 2 N–H and O–H groups in total. The first-order valence-electron chi connectivity index (χ1n) is 5.98. The smallest absolute Gasteiger partial charge is 0.225 e. The first kappa shape index (κ1) is 12.1. The van der Waals surface area contributed by atoms with E-state index < -0.39 is 0 Å². The van der Waals surface area contributed by atoms with Gasteiger partial charge >= 0.3 is 0 Å². The van der Waals surface area contributed by atoms with Crippen LogP contribution in [0.3, 0.4) is 0 Å². The van der Waals surface area contributed by atoms with Crippen LogP contribution in [0.1, 0.15) is 26.7 Å². The molecule has 0 saturated heterocycles. The van der Waals surface area contributed by atoms with Crippen molar-refractivity contribution in [3.05, 3.63) is 12.3 Å². The molecule has 0 radical (unpaired) electrons. The van der Waals surface area contributed by atoms with Crippen molar-refractivity contribution < 1.29 is 9.84 Å². The van der Waals surface area contributed by atoms with E-state index in [4.69, 9.17) is 4.74 Å². The average Bonchev–Trinajstić information content (AvgIpc) is 3.07. The lowest BCUT2D eigenvalue weighted by Gasteiger charge is -2.13. The van der Waals surface area contributed by atoms with Crippen LogP contribution in [0.5, 0.6) is 5.88 Å². The third-order valence-corrected chi connectivity index (χ3v) is 2.90. The Morgan fingerprint density at radius 1 is 1.53 bits per heavy atom. The number of anilines is 1. The molecule has 0 aliphatic heterocycles. The molecule has 0 bridgehead atoms. The number of aliphatic hydroxyl groups excluding tert-OH is 1. The molecule has 17 heavy (non-hydrogen) atoms. The van der Waals surface area contributed by atoms with Crippen molar-refractivity contribution in [3.8, 4) is 5.88 Å². The summed E-state index contributed by atoms with van der Waals surface area (Å²) < 4.78 is 5.49. The van der Waals surface area contributed by atoms with Crippen LogP contribution in [0.4, 0.5) is 5.95 Å². The lowest BCUT2D eigenvalue weighted by molar-refractivity contribution is 0.219. The van der Waals surface area contributed by atoms with Crippen LogP contribution < -0.4 is 10.1 Å². The molecule has 0 atom stereocenters. The van der Waals surface area contributed by atoms with Crippen molar-refractivity contribution in [2.75, 3.05) is 18.5 Å². The van der Waals surface area contributed by atoms with Crippen molar-refractivity contribution in [3.63, 3.8) is 0 Å². The summed E-state index contributed by atoms with van der Waals surface area (Å²) in [4.78, 5) is 8.38. The third-order valence-electron chi connectivity index (χ3n) is 2.90. The molecule has 1 fully saturated rings. The van der Waals surface area contributed by atoms with Gasteiger partial charge in [0.1, 0.15) is 0 Å². The zero-order chi connectivity index (χ0) is 12.3. The highest BCUT2D eigenvalue weighted by Crippen LogP contribution is 2.44. The van der Waals surface area contributed by atoms with Crippen LogP contribution in [-0.4, -0.2) is 34.3 Å². The van der Waals surface area contributed by atoms with Crippen LogP contribution >= 0.6 is 0 Å². The summed E-state index contributed by atoms with van der Waals surface area (Å²) in [7, 11) is 0. The van der Waals surface area contributed by atoms with E-state index in [0.717, 1.165) is 12.8 Å². The van der Waals surface area contributed by atoms with E-state index in [-0.39, 0.29) is 18.1 Å². The minimum atomic E-state index is 0.0538. The molecule has 1 aliphatic carbocycles. The predicted octanol–water partition coefficient (Wildman–Crippen LogP) is 1.45. The molecule has 0 unspecified atom stereocenters. The molecule has 1 aliphatic rings. The number of aliphatic hydroxyl groups is 1. The summed E-state index contributed by atoms with van der Waals surface area (Å²) in [5.41, 5.74) is 0.0538. The average molecular weight is 237 g/mol. The topological polar surface area (TPSA) is 67.3 Å². The van der Waals surface area contributed by atoms with Crippen molar-refractivity contribution in [1.29, 1.82) is 0 Å². The second-order valence-electron chi connectivity index (χ2n) is 4.90. The van der Waals surface area contributed by atoms with Gasteiger partial charge in [0.15, 0.2) is 0 Å². The van der Waals surface area contributed by atoms with Crippen LogP contribution in [0.15, 0.2) is 12.3 Å². The lowest BCUT2D eigenvalue weighted by Crippen LogP contribution is -2.20. The number of ether oxygens (including phenoxy) is 1. The summed E-state index contributed by atoms with van der Waals surface area (Å²) in [6.45, 7) is 4.86. The standard InChI is InChI=1S/C12H19N3O2/c1-9(2)17-10-3-6-13-11(15-10)14-7-12(8-16)4-5-12/h3,6,9,16H,4-5,7-8H2,1-2H3,(H,13,14,15). The molecule has 1 aromatic rings. The Morgan fingerprint density at radius 2 is 2.29 bits per heavy atom. The van der Waals surface area contributed by atoms with E-state index in [2.05, 4.69) is 15.3 Å². The highest BCUT2D eigenvalue weighted by Gasteiger charge is 2.41. The molecule has 1 heterocycles. The van der Waals surface area contributed by atoms with Crippen LogP contribution in [-0.2, 0) is 0 Å². The van der Waals surface area contributed by atoms with E-state index in [9.17, 15) is 5.11 Å². The molecule has 0 aromatic carbocycles. The van der Waals surface area contributed by atoms with Crippen molar-refractivity contribution in [2.24, 2.45) is 5.41 Å². The summed E-state index contributed by atoms with van der Waals surface area (Å²) in [6.07, 6.45) is 3.91. The van der Waals surface area contributed by atoms with Crippen molar-refractivity contribution >= 4 is 5.95 Å². The zero-order valence-electron chi connectivity index (χ0n) is 10.3. The molecule has 0 amide bonds. The molecule has 1 saturated carbocycles. The second kappa shape index (κ2) is 4.87. The van der Waals surface area contributed by atoms with Gasteiger partial charge in [-0.25, -0.2) is 4.98 Å². The maximum absolute atomic E-state index is 9.20. The number of nitrogens with one attached hydrogen (secondary N) is 1. The van der Waals surface area contributed by atoms with Gasteiger partial charge in [-0.15, -0.1) is 0 Å². The molecular formula is C12H19N3O2. The van der Waals surface area contributed by atoms with E-state index >= 15 is 0 Å². The summed E-state index contributed by atoms with van der Waals surface area (Å²) in [5.74, 6) is 1.13. The van der Waals surface area contributed by atoms with E-state index in [1.807, 2.05) is 13.8 Å². The highest BCUT2D eigenvalue weighted by atomic mass is 16.5. The number of aromatic nitrogens is 2. The quantitative estimate of drug-likeness (QED) is 0.783. The Labute approximate surface area is 101 Å². The highest BCUT2D eigenvalue weighted by molar-refractivity contribution is 5.28. The Bertz CT molecular complexity index is 378. The molecule has 5 heteroatoms. The van der Waals surface area contributed by atoms with E-state index in [1.54, 1.807) is 12.3 Å². The minimum Gasteiger partial charge on any atom is -0.475 e. The largest absolute Gasteiger partial charge is 0.475 e. The fourth-order valence-electron chi connectivity index (χ4n) is 1.57. The summed E-state index contributed by atoms with van der Waals surface area (Å²) in [5, 5.41) is 12.4. The van der Waals surface area contributed by atoms with Crippen LogP contribution in [0, 0.1) is 5.41 Å². The Balaban J connectivity index is 1.92. The number of nitrogens with zero attached hydrogens (tertiary/aromatic N) is 2. The second-order valence-corrected chi connectivity index (χ2v) is 4.90. The molecule has 0 spiro atoms. The maximum Gasteiger partial charge on any atom is 0.225 e. The molecule has 1 aromatic heterocycles. The van der Waals surface area contributed by atoms with Gasteiger partial charge in [-0.1, -0.05) is 0 Å². The van der Waals surface area contributed by atoms with Crippen LogP contribution in [0.2, 0.25) is 0 Å². The fraction of sp³-hybridized carbons (Fsp3) is 0.667. The third kappa shape index (κ3) is 3.30. The van der Waals surface area contributed by atoms with Gasteiger partial charge in [-0.05, 0) is 26.7 Å². The van der Waals surface area contributed by atoms with Gasteiger partial charge in [0.2, 0.25) is 11.8 Å². The summed E-state index contributed by atoms with van der Waals surface area (Å²) >= 11 is 0. The Hall–Kier alpha value is -1.36. The van der Waals surface area contributed by atoms with Crippen molar-refractivity contribution in [1.82, 2.24) is 9.97 Å². The molecule has 94 valence electrons. The van der Waals surface area contributed by atoms with E-state index in [1.165, 1.54) is 0 Å². The van der Waals surface area contributed by atoms with Gasteiger partial charge in [0, 0.05) is 24.2 Å². The molecule has 2 rings (SSSR count). The monoisotopic (exact) mass is 237 g/mol. The Morgan fingerprint density at radius 3 is 2.88 bits per heavy atom. The number of hydrogen-bond acceptors (Lipinski definition) is 5.